The van der Waals surface area contributed by atoms with E-state index >= 15 is 0 Å². The fourth-order valence-electron chi connectivity index (χ4n) is 2.25. The normalized spacial score (nSPS) is 20.4. The first kappa shape index (κ1) is 13.5. The molecular weight excluding hydrogens is 200 g/mol. The van der Waals surface area contributed by atoms with E-state index in [4.69, 9.17) is 0 Å². The Kier molecular flexibility index (Phi) is 5.81. The van der Waals surface area contributed by atoms with Crippen LogP contribution in [0.3, 0.4) is 0 Å². The summed E-state index contributed by atoms with van der Waals surface area (Å²) in [6.45, 7) is 9.23. The minimum Gasteiger partial charge on any atom is -0.340 e. The minimum atomic E-state index is 0.226. The van der Waals surface area contributed by atoms with Crippen LogP contribution in [0.15, 0.2) is 0 Å². The molecule has 1 saturated heterocycles. The van der Waals surface area contributed by atoms with E-state index in [0.29, 0.717) is 11.9 Å². The zero-order chi connectivity index (χ0) is 12.0. The third kappa shape index (κ3) is 3.78. The van der Waals surface area contributed by atoms with Crippen molar-refractivity contribution in [3.05, 3.63) is 0 Å². The van der Waals surface area contributed by atoms with Crippen molar-refractivity contribution in [2.24, 2.45) is 5.92 Å². The van der Waals surface area contributed by atoms with Crippen molar-refractivity contribution >= 4 is 5.91 Å². The van der Waals surface area contributed by atoms with E-state index in [2.05, 4.69) is 31.0 Å². The number of nitrogens with one attached hydrogen (secondary N) is 1. The first-order valence-electron chi connectivity index (χ1n) is 6.68. The Labute approximate surface area is 99.6 Å². The summed E-state index contributed by atoms with van der Waals surface area (Å²) in [4.78, 5) is 14.3. The van der Waals surface area contributed by atoms with Crippen LogP contribution in [0.2, 0.25) is 0 Å². The highest BCUT2D eigenvalue weighted by Gasteiger charge is 2.27. The summed E-state index contributed by atoms with van der Waals surface area (Å²) in [6.07, 6.45) is 4.58. The lowest BCUT2D eigenvalue weighted by molar-refractivity contribution is -0.136. The van der Waals surface area contributed by atoms with Crippen molar-refractivity contribution in [3.8, 4) is 0 Å². The van der Waals surface area contributed by atoms with E-state index in [1.54, 1.807) is 0 Å². The first-order chi connectivity index (χ1) is 7.66. The Bertz CT molecular complexity index is 210. The van der Waals surface area contributed by atoms with Crippen LogP contribution in [0.5, 0.6) is 0 Å². The number of amides is 1. The van der Waals surface area contributed by atoms with Gasteiger partial charge in [0.05, 0.1) is 5.92 Å². The van der Waals surface area contributed by atoms with Crippen molar-refractivity contribution < 1.29 is 4.79 Å². The van der Waals surface area contributed by atoms with Crippen molar-refractivity contribution in [2.45, 2.75) is 52.5 Å². The monoisotopic (exact) mass is 226 g/mol. The standard InChI is InChI=1S/C13H26N2O/c1-4-5-6-9-15(11(2)3)13(16)12-7-8-14-10-12/h11-12,14H,4-10H2,1-3H3. The van der Waals surface area contributed by atoms with Gasteiger partial charge in [0.2, 0.25) is 5.91 Å². The molecule has 3 nitrogen and oxygen atoms in total. The van der Waals surface area contributed by atoms with Crippen LogP contribution in [0.25, 0.3) is 0 Å². The number of unbranched alkanes of at least 4 members (excludes halogenated alkanes) is 2. The van der Waals surface area contributed by atoms with E-state index in [1.165, 1.54) is 12.8 Å². The Balaban J connectivity index is 2.44. The Morgan fingerprint density at radius 3 is 2.69 bits per heavy atom. The van der Waals surface area contributed by atoms with Crippen LogP contribution < -0.4 is 5.32 Å². The zero-order valence-corrected chi connectivity index (χ0v) is 11.0. The highest BCUT2D eigenvalue weighted by atomic mass is 16.2. The molecule has 0 radical (unpaired) electrons. The molecule has 3 heteroatoms. The molecule has 1 aliphatic rings. The van der Waals surface area contributed by atoms with Gasteiger partial charge in [-0.15, -0.1) is 0 Å². The molecule has 0 saturated carbocycles. The van der Waals surface area contributed by atoms with Crippen molar-refractivity contribution in [3.63, 3.8) is 0 Å². The predicted molar refractivity (Wildman–Crippen MR) is 67.4 cm³/mol. The van der Waals surface area contributed by atoms with Gasteiger partial charge in [-0.3, -0.25) is 4.79 Å². The maximum atomic E-state index is 12.3. The van der Waals surface area contributed by atoms with Gasteiger partial charge in [0, 0.05) is 19.1 Å². The zero-order valence-electron chi connectivity index (χ0n) is 11.0. The van der Waals surface area contributed by atoms with Crippen LogP contribution in [0.1, 0.15) is 46.5 Å². The summed E-state index contributed by atoms with van der Waals surface area (Å²) in [7, 11) is 0. The minimum absolute atomic E-state index is 0.226. The number of carbonyl (C=O) groups excluding carboxylic acids is 1. The lowest BCUT2D eigenvalue weighted by Crippen LogP contribution is -2.42. The molecule has 0 aliphatic carbocycles. The fraction of sp³-hybridized carbons (Fsp3) is 0.923. The molecule has 1 N–H and O–H groups in total. The van der Waals surface area contributed by atoms with Crippen LogP contribution in [-0.2, 0) is 4.79 Å². The Hall–Kier alpha value is -0.570. The highest BCUT2D eigenvalue weighted by Crippen LogP contribution is 2.14. The van der Waals surface area contributed by atoms with Crippen LogP contribution >= 0.6 is 0 Å². The van der Waals surface area contributed by atoms with Gasteiger partial charge in [-0.05, 0) is 33.2 Å². The third-order valence-corrected chi connectivity index (χ3v) is 3.32. The maximum absolute atomic E-state index is 12.3. The molecule has 1 atom stereocenters. The Morgan fingerprint density at radius 2 is 2.19 bits per heavy atom. The van der Waals surface area contributed by atoms with Crippen molar-refractivity contribution in [1.29, 1.82) is 0 Å². The van der Waals surface area contributed by atoms with E-state index in [9.17, 15) is 4.79 Å². The molecule has 1 aliphatic heterocycles. The summed E-state index contributed by atoms with van der Waals surface area (Å²) >= 11 is 0. The molecule has 1 heterocycles. The SMILES string of the molecule is CCCCCN(C(=O)C1CCNC1)C(C)C. The lowest BCUT2D eigenvalue weighted by Gasteiger charge is -2.29. The van der Waals surface area contributed by atoms with Gasteiger partial charge in [0.25, 0.3) is 0 Å². The van der Waals surface area contributed by atoms with Gasteiger partial charge < -0.3 is 10.2 Å². The number of nitrogens with zero attached hydrogens (tertiary/aromatic N) is 1. The van der Waals surface area contributed by atoms with Crippen LogP contribution in [0.4, 0.5) is 0 Å². The Morgan fingerprint density at radius 1 is 1.44 bits per heavy atom. The molecule has 16 heavy (non-hydrogen) atoms. The largest absolute Gasteiger partial charge is 0.340 e. The van der Waals surface area contributed by atoms with Gasteiger partial charge in [-0.1, -0.05) is 19.8 Å². The third-order valence-electron chi connectivity index (χ3n) is 3.32. The first-order valence-corrected chi connectivity index (χ1v) is 6.68. The molecule has 0 aromatic rings. The summed E-state index contributed by atoms with van der Waals surface area (Å²) in [5, 5.41) is 3.27. The molecule has 0 spiro atoms. The molecular formula is C13H26N2O. The summed E-state index contributed by atoms with van der Waals surface area (Å²) in [5.74, 6) is 0.583. The topological polar surface area (TPSA) is 32.3 Å². The van der Waals surface area contributed by atoms with Crippen molar-refractivity contribution in [1.82, 2.24) is 10.2 Å². The average Bonchev–Trinajstić information content (AvgIpc) is 2.76. The number of rotatable bonds is 6. The summed E-state index contributed by atoms with van der Waals surface area (Å²) < 4.78 is 0. The number of carbonyl (C=O) groups is 1. The predicted octanol–water partition coefficient (Wildman–Crippen LogP) is 2.02. The van der Waals surface area contributed by atoms with Crippen molar-refractivity contribution in [2.75, 3.05) is 19.6 Å². The van der Waals surface area contributed by atoms with Gasteiger partial charge >= 0.3 is 0 Å². The van der Waals surface area contributed by atoms with E-state index in [0.717, 1.165) is 32.5 Å². The lowest BCUT2D eigenvalue weighted by atomic mass is 10.1. The van der Waals surface area contributed by atoms with Gasteiger partial charge in [-0.2, -0.15) is 0 Å². The van der Waals surface area contributed by atoms with E-state index < -0.39 is 0 Å². The second kappa shape index (κ2) is 6.89. The summed E-state index contributed by atoms with van der Waals surface area (Å²) in [6, 6.07) is 0.338. The maximum Gasteiger partial charge on any atom is 0.227 e. The summed E-state index contributed by atoms with van der Waals surface area (Å²) in [5.41, 5.74) is 0. The fourth-order valence-corrected chi connectivity index (χ4v) is 2.25. The second-order valence-corrected chi connectivity index (χ2v) is 5.02. The van der Waals surface area contributed by atoms with Gasteiger partial charge in [-0.25, -0.2) is 0 Å². The smallest absolute Gasteiger partial charge is 0.227 e. The van der Waals surface area contributed by atoms with Crippen LogP contribution in [-0.4, -0.2) is 36.5 Å². The molecule has 94 valence electrons. The second-order valence-electron chi connectivity index (χ2n) is 5.02. The van der Waals surface area contributed by atoms with E-state index in [-0.39, 0.29) is 5.92 Å². The molecule has 0 bridgehead atoms. The highest BCUT2D eigenvalue weighted by molar-refractivity contribution is 5.79. The molecule has 1 unspecified atom stereocenters. The molecule has 1 rings (SSSR count). The molecule has 0 aromatic heterocycles. The molecule has 1 amide bonds. The quantitative estimate of drug-likeness (QED) is 0.703. The van der Waals surface area contributed by atoms with Gasteiger partial charge in [0.15, 0.2) is 0 Å². The average molecular weight is 226 g/mol. The van der Waals surface area contributed by atoms with E-state index in [1.807, 2.05) is 0 Å². The molecule has 1 fully saturated rings. The van der Waals surface area contributed by atoms with Crippen LogP contribution in [0, 0.1) is 5.92 Å². The van der Waals surface area contributed by atoms with Gasteiger partial charge in [0.1, 0.15) is 0 Å². The number of hydrogen-bond donors (Lipinski definition) is 1. The molecule has 0 aromatic carbocycles. The number of hydrogen-bond acceptors (Lipinski definition) is 2.